The Morgan fingerprint density at radius 1 is 1.23 bits per heavy atom. The van der Waals surface area contributed by atoms with E-state index in [0.717, 1.165) is 42.5 Å². The number of benzene rings is 2. The normalized spacial score (nSPS) is 15.6. The van der Waals surface area contributed by atoms with Crippen LogP contribution < -0.4 is 10.7 Å². The van der Waals surface area contributed by atoms with Crippen molar-refractivity contribution in [1.82, 2.24) is 9.88 Å². The van der Waals surface area contributed by atoms with Gasteiger partial charge < -0.3 is 20.3 Å². The summed E-state index contributed by atoms with van der Waals surface area (Å²) in [5, 5.41) is 13.1. The molecule has 3 N–H and O–H groups in total. The predicted molar refractivity (Wildman–Crippen MR) is 119 cm³/mol. The average Bonchev–Trinajstić information content (AvgIpc) is 2.77. The van der Waals surface area contributed by atoms with E-state index < -0.39 is 0 Å². The molecule has 0 radical (unpaired) electrons. The number of fused-ring (bicyclic) bond motifs is 2. The summed E-state index contributed by atoms with van der Waals surface area (Å²) >= 11 is 0. The zero-order valence-electron chi connectivity index (χ0n) is 17.1. The van der Waals surface area contributed by atoms with Crippen LogP contribution in [0.5, 0.6) is 0 Å². The molecule has 0 saturated heterocycles. The van der Waals surface area contributed by atoms with Crippen molar-refractivity contribution in [2.75, 3.05) is 18.5 Å². The van der Waals surface area contributed by atoms with Crippen LogP contribution in [0.3, 0.4) is 0 Å². The van der Waals surface area contributed by atoms with Gasteiger partial charge >= 0.3 is 6.03 Å². The molecule has 0 bridgehead atoms. The maximum absolute atomic E-state index is 13.2. The minimum atomic E-state index is -0.272. The van der Waals surface area contributed by atoms with E-state index in [1.165, 1.54) is 5.56 Å². The lowest BCUT2D eigenvalue weighted by molar-refractivity contribution is 0.155. The predicted octanol–water partition coefficient (Wildman–Crippen LogP) is 3.99. The van der Waals surface area contributed by atoms with Crippen LogP contribution in [0, 0.1) is 0 Å². The van der Waals surface area contributed by atoms with Gasteiger partial charge in [-0.15, -0.1) is 0 Å². The Bertz CT molecular complexity index is 1120. The SMILES string of the molecule is CCc1cc(=O)c2cc(NC(=O)N(CCO)C3CCCc4ccccc43)ccc2[nH]1. The van der Waals surface area contributed by atoms with Gasteiger partial charge in [0.15, 0.2) is 5.43 Å². The number of aliphatic hydroxyl groups excluding tert-OH is 1. The van der Waals surface area contributed by atoms with E-state index >= 15 is 0 Å². The molecule has 1 aliphatic rings. The van der Waals surface area contributed by atoms with E-state index in [1.807, 2.05) is 25.1 Å². The number of H-pyrrole nitrogens is 1. The second-order valence-corrected chi connectivity index (χ2v) is 7.73. The summed E-state index contributed by atoms with van der Waals surface area (Å²) < 4.78 is 0. The molecule has 3 aromatic rings. The van der Waals surface area contributed by atoms with Crippen LogP contribution in [0.2, 0.25) is 0 Å². The maximum atomic E-state index is 13.2. The molecule has 30 heavy (non-hydrogen) atoms. The molecule has 0 saturated carbocycles. The first-order valence-corrected chi connectivity index (χ1v) is 10.5. The first kappa shape index (κ1) is 20.2. The number of carbonyl (C=O) groups excluding carboxylic acids is 1. The van der Waals surface area contributed by atoms with E-state index in [-0.39, 0.29) is 30.7 Å². The lowest BCUT2D eigenvalue weighted by atomic mass is 9.87. The molecular weight excluding hydrogens is 378 g/mol. The number of carbonyl (C=O) groups is 1. The fourth-order valence-electron chi connectivity index (χ4n) is 4.32. The highest BCUT2D eigenvalue weighted by Gasteiger charge is 2.29. The Labute approximate surface area is 175 Å². The molecule has 1 aliphatic carbocycles. The van der Waals surface area contributed by atoms with Gasteiger partial charge in [0.05, 0.1) is 12.6 Å². The number of nitrogens with zero attached hydrogens (tertiary/aromatic N) is 1. The molecule has 2 aromatic carbocycles. The minimum absolute atomic E-state index is 0.0647. The van der Waals surface area contributed by atoms with Crippen molar-refractivity contribution in [2.45, 2.75) is 38.6 Å². The monoisotopic (exact) mass is 405 g/mol. The Hall–Kier alpha value is -3.12. The van der Waals surface area contributed by atoms with Gasteiger partial charge in [-0.3, -0.25) is 4.79 Å². The molecule has 4 rings (SSSR count). The summed E-state index contributed by atoms with van der Waals surface area (Å²) in [5.41, 5.74) is 4.54. The number of hydrogen-bond acceptors (Lipinski definition) is 3. The Morgan fingerprint density at radius 3 is 2.87 bits per heavy atom. The van der Waals surface area contributed by atoms with E-state index in [9.17, 15) is 14.7 Å². The first-order valence-electron chi connectivity index (χ1n) is 10.5. The molecule has 1 heterocycles. The minimum Gasteiger partial charge on any atom is -0.395 e. The summed E-state index contributed by atoms with van der Waals surface area (Å²) in [6, 6.07) is 14.8. The third-order valence-electron chi connectivity index (χ3n) is 5.83. The highest BCUT2D eigenvalue weighted by atomic mass is 16.3. The van der Waals surface area contributed by atoms with E-state index in [1.54, 1.807) is 23.1 Å². The van der Waals surface area contributed by atoms with E-state index in [0.29, 0.717) is 11.1 Å². The van der Waals surface area contributed by atoms with Gasteiger partial charge in [-0.1, -0.05) is 31.2 Å². The fourth-order valence-corrected chi connectivity index (χ4v) is 4.32. The van der Waals surface area contributed by atoms with Crippen molar-refractivity contribution in [3.8, 4) is 0 Å². The van der Waals surface area contributed by atoms with Crippen LogP contribution in [-0.4, -0.2) is 34.2 Å². The van der Waals surface area contributed by atoms with Gasteiger partial charge in [-0.05, 0) is 55.0 Å². The average molecular weight is 405 g/mol. The molecule has 0 spiro atoms. The molecule has 1 atom stereocenters. The second-order valence-electron chi connectivity index (χ2n) is 7.73. The van der Waals surface area contributed by atoms with Crippen molar-refractivity contribution < 1.29 is 9.90 Å². The topological polar surface area (TPSA) is 85.4 Å². The van der Waals surface area contributed by atoms with Crippen LogP contribution in [0.15, 0.2) is 53.3 Å². The summed E-state index contributed by atoms with van der Waals surface area (Å²) in [4.78, 5) is 30.5. The number of aliphatic hydroxyl groups is 1. The molecule has 0 aliphatic heterocycles. The van der Waals surface area contributed by atoms with Crippen LogP contribution in [0.4, 0.5) is 10.5 Å². The number of aromatic amines is 1. The smallest absolute Gasteiger partial charge is 0.322 e. The summed E-state index contributed by atoms with van der Waals surface area (Å²) in [6.07, 6.45) is 3.63. The van der Waals surface area contributed by atoms with Gasteiger partial charge in [-0.2, -0.15) is 0 Å². The van der Waals surface area contributed by atoms with Gasteiger partial charge in [0, 0.05) is 34.9 Å². The largest absolute Gasteiger partial charge is 0.395 e. The molecule has 1 aromatic heterocycles. The fraction of sp³-hybridized carbons (Fsp3) is 0.333. The maximum Gasteiger partial charge on any atom is 0.322 e. The Balaban J connectivity index is 1.61. The summed E-state index contributed by atoms with van der Waals surface area (Å²) in [6.45, 7) is 2.13. The number of pyridine rings is 1. The highest BCUT2D eigenvalue weighted by molar-refractivity contribution is 5.93. The highest BCUT2D eigenvalue weighted by Crippen LogP contribution is 2.34. The molecule has 6 nitrogen and oxygen atoms in total. The molecule has 6 heteroatoms. The lowest BCUT2D eigenvalue weighted by Gasteiger charge is -2.35. The lowest BCUT2D eigenvalue weighted by Crippen LogP contribution is -2.41. The number of urea groups is 1. The quantitative estimate of drug-likeness (QED) is 0.600. The van der Waals surface area contributed by atoms with E-state index in [2.05, 4.69) is 22.4 Å². The summed E-state index contributed by atoms with van der Waals surface area (Å²) in [5.74, 6) is 0. The number of rotatable bonds is 5. The van der Waals surface area contributed by atoms with Gasteiger partial charge in [-0.25, -0.2) is 4.79 Å². The van der Waals surface area contributed by atoms with Crippen molar-refractivity contribution in [2.24, 2.45) is 0 Å². The van der Waals surface area contributed by atoms with Gasteiger partial charge in [0.2, 0.25) is 0 Å². The third kappa shape index (κ3) is 3.96. The molecule has 1 unspecified atom stereocenters. The van der Waals surface area contributed by atoms with E-state index in [4.69, 9.17) is 0 Å². The van der Waals surface area contributed by atoms with Gasteiger partial charge in [0.1, 0.15) is 0 Å². The van der Waals surface area contributed by atoms with Crippen molar-refractivity contribution >= 4 is 22.6 Å². The summed E-state index contributed by atoms with van der Waals surface area (Å²) in [7, 11) is 0. The first-order chi connectivity index (χ1) is 14.6. The molecular formula is C24H27N3O3. The number of nitrogens with one attached hydrogen (secondary N) is 2. The van der Waals surface area contributed by atoms with Crippen LogP contribution in [-0.2, 0) is 12.8 Å². The zero-order valence-corrected chi connectivity index (χ0v) is 17.1. The van der Waals surface area contributed by atoms with Crippen LogP contribution in [0.1, 0.15) is 42.6 Å². The molecule has 156 valence electrons. The molecule has 2 amide bonds. The number of anilines is 1. The second kappa shape index (κ2) is 8.71. The third-order valence-corrected chi connectivity index (χ3v) is 5.83. The van der Waals surface area contributed by atoms with Crippen molar-refractivity contribution in [3.63, 3.8) is 0 Å². The standard InChI is InChI=1S/C24H27N3O3/c1-2-17-15-23(29)20-14-18(10-11-21(20)25-17)26-24(30)27(12-13-28)22-9-5-7-16-6-3-4-8-19(16)22/h3-4,6,8,10-11,14-15,22,28H,2,5,7,9,12-13H2,1H3,(H,25,29)(H,26,30). The van der Waals surface area contributed by atoms with Crippen LogP contribution >= 0.6 is 0 Å². The van der Waals surface area contributed by atoms with Crippen molar-refractivity contribution in [3.05, 3.63) is 75.6 Å². The number of hydrogen-bond donors (Lipinski definition) is 3. The van der Waals surface area contributed by atoms with Gasteiger partial charge in [0.25, 0.3) is 0 Å². The Kier molecular flexibility index (Phi) is 5.86. The zero-order chi connectivity index (χ0) is 21.1. The number of aromatic nitrogens is 1. The number of aryl methyl sites for hydroxylation is 2. The number of amides is 2. The Morgan fingerprint density at radius 2 is 2.07 bits per heavy atom. The molecule has 0 fully saturated rings. The van der Waals surface area contributed by atoms with Crippen LogP contribution in [0.25, 0.3) is 10.9 Å². The van der Waals surface area contributed by atoms with Crippen molar-refractivity contribution in [1.29, 1.82) is 0 Å².